The fourth-order valence-electron chi connectivity index (χ4n) is 2.55. The van der Waals surface area contributed by atoms with Crippen molar-refractivity contribution in [1.82, 2.24) is 15.3 Å². The molecule has 2 rings (SSSR count). The summed E-state index contributed by atoms with van der Waals surface area (Å²) < 4.78 is 34.4. The van der Waals surface area contributed by atoms with E-state index in [0.717, 1.165) is 4.90 Å². The lowest BCUT2D eigenvalue weighted by molar-refractivity contribution is -0.128. The summed E-state index contributed by atoms with van der Waals surface area (Å²) in [6.07, 6.45) is 0.552. The molecular weight excluding hydrogens is 332 g/mol. The van der Waals surface area contributed by atoms with E-state index in [0.29, 0.717) is 11.5 Å². The van der Waals surface area contributed by atoms with Crippen molar-refractivity contribution in [3.05, 3.63) is 11.4 Å². The number of ketones is 1. The van der Waals surface area contributed by atoms with Crippen LogP contribution in [0.2, 0.25) is 0 Å². The molecule has 2 fully saturated rings. The molecule has 2 atom stereocenters. The molecule has 0 aromatic carbocycles. The van der Waals surface area contributed by atoms with Gasteiger partial charge in [0.15, 0.2) is 0 Å². The van der Waals surface area contributed by atoms with Gasteiger partial charge in [0.2, 0.25) is 11.7 Å². The Bertz CT molecular complexity index is 670. The Labute approximate surface area is 131 Å². The number of carbonyl (C=O) groups excluding carboxylic acids is 3. The molecule has 0 aromatic rings. The van der Waals surface area contributed by atoms with Crippen LogP contribution < -0.4 is 5.32 Å². The number of amides is 3. The van der Waals surface area contributed by atoms with Crippen LogP contribution in [-0.4, -0.2) is 72.4 Å². The molecule has 2 aliphatic rings. The zero-order valence-corrected chi connectivity index (χ0v) is 12.7. The zero-order valence-electron chi connectivity index (χ0n) is 11.8. The van der Waals surface area contributed by atoms with Crippen molar-refractivity contribution in [3.63, 3.8) is 0 Å². The lowest BCUT2D eigenvalue weighted by Gasteiger charge is -2.29. The highest BCUT2D eigenvalue weighted by atomic mass is 32.3. The number of Topliss-reactive ketones (excluding diaryl/α,β-unsaturated/α-hetero) is 1. The van der Waals surface area contributed by atoms with Crippen LogP contribution in [0.3, 0.4) is 0 Å². The second kappa shape index (κ2) is 6.49. The van der Waals surface area contributed by atoms with Gasteiger partial charge in [-0.1, -0.05) is 0 Å². The average Bonchev–Trinajstić information content (AvgIpc) is 2.69. The molecule has 3 amide bonds. The smallest absolute Gasteiger partial charge is 0.347 e. The molecule has 0 radical (unpaired) electrons. The number of piperidine rings is 1. The van der Waals surface area contributed by atoms with Gasteiger partial charge in [0, 0.05) is 6.54 Å². The van der Waals surface area contributed by atoms with Gasteiger partial charge in [-0.25, -0.2) is 11.4 Å². The van der Waals surface area contributed by atoms with Gasteiger partial charge in [0.05, 0.1) is 12.6 Å². The maximum Gasteiger partial charge on any atom is 0.418 e. The van der Waals surface area contributed by atoms with E-state index < -0.39 is 40.2 Å². The van der Waals surface area contributed by atoms with E-state index in [1.807, 2.05) is 0 Å². The second-order valence-electron chi connectivity index (χ2n) is 5.08. The van der Waals surface area contributed by atoms with Crippen LogP contribution in [0.1, 0.15) is 12.8 Å². The number of carbonyl (C=O) groups is 3. The predicted molar refractivity (Wildman–Crippen MR) is 72.9 cm³/mol. The number of hydrogen-bond acceptors (Lipinski definition) is 6. The predicted octanol–water partition coefficient (Wildman–Crippen LogP) is -1.41. The first-order valence-corrected chi connectivity index (χ1v) is 7.99. The summed E-state index contributed by atoms with van der Waals surface area (Å²) in [4.78, 5) is 39.4. The molecule has 0 aromatic heterocycles. The van der Waals surface area contributed by atoms with Gasteiger partial charge in [-0.2, -0.15) is 13.5 Å². The molecule has 23 heavy (non-hydrogen) atoms. The summed E-state index contributed by atoms with van der Waals surface area (Å²) in [7, 11) is -4.84. The van der Waals surface area contributed by atoms with Crippen LogP contribution >= 0.6 is 0 Å². The molecular formula is C11H14N4O7S. The van der Waals surface area contributed by atoms with Crippen LogP contribution in [0.15, 0.2) is 0 Å². The van der Waals surface area contributed by atoms with Crippen molar-refractivity contribution in [3.8, 4) is 0 Å². The molecule has 2 saturated heterocycles. The number of hydrogen-bond donors (Lipinski definition) is 2. The molecule has 126 valence electrons. The van der Waals surface area contributed by atoms with Gasteiger partial charge in [-0.05, 0) is 12.8 Å². The summed E-state index contributed by atoms with van der Waals surface area (Å²) >= 11 is 0. The van der Waals surface area contributed by atoms with Gasteiger partial charge in [-0.15, -0.1) is 4.28 Å². The second-order valence-corrected chi connectivity index (χ2v) is 6.09. The fraction of sp³-hybridized carbons (Fsp3) is 0.636. The Balaban J connectivity index is 2.00. The third-order valence-electron chi connectivity index (χ3n) is 3.52. The van der Waals surface area contributed by atoms with Crippen molar-refractivity contribution < 1.29 is 31.6 Å². The Kier molecular flexibility index (Phi) is 4.83. The van der Waals surface area contributed by atoms with Gasteiger partial charge < -0.3 is 15.1 Å². The molecule has 0 unspecified atom stereocenters. The van der Waals surface area contributed by atoms with Crippen molar-refractivity contribution in [1.29, 1.82) is 0 Å². The third-order valence-corrected chi connectivity index (χ3v) is 3.86. The standard InChI is InChI=1S/C11H14N4O7S/c1-12-4-8(16)5-13-10(17)9-3-2-7-6-14(9)11(18)15(7)22-23(19,20)21/h7,9H,2-6H2,(H,13,17)(H,19,20,21)/t7-,9+/m1/s1. The largest absolute Gasteiger partial charge is 0.418 e. The minimum atomic E-state index is -4.84. The highest BCUT2D eigenvalue weighted by Crippen LogP contribution is 2.30. The number of urea groups is 1. The zero-order chi connectivity index (χ0) is 17.2. The average molecular weight is 346 g/mol. The molecule has 11 nitrogen and oxygen atoms in total. The monoisotopic (exact) mass is 346 g/mol. The summed E-state index contributed by atoms with van der Waals surface area (Å²) in [6.45, 7) is 5.97. The first-order valence-electron chi connectivity index (χ1n) is 6.62. The number of fused-ring (bicyclic) bond motifs is 2. The highest BCUT2D eigenvalue weighted by molar-refractivity contribution is 7.80. The number of rotatable bonds is 6. The van der Waals surface area contributed by atoms with Gasteiger partial charge in [0.25, 0.3) is 6.54 Å². The first kappa shape index (κ1) is 17.1. The van der Waals surface area contributed by atoms with Crippen molar-refractivity contribution in [2.24, 2.45) is 0 Å². The number of nitrogens with zero attached hydrogens (tertiary/aromatic N) is 3. The van der Waals surface area contributed by atoms with E-state index >= 15 is 0 Å². The van der Waals surface area contributed by atoms with Crippen LogP contribution in [-0.2, 0) is 24.3 Å². The maximum atomic E-state index is 12.1. The van der Waals surface area contributed by atoms with Crippen LogP contribution in [0.4, 0.5) is 4.79 Å². The van der Waals surface area contributed by atoms with E-state index in [-0.39, 0.29) is 26.1 Å². The van der Waals surface area contributed by atoms with Crippen LogP contribution in [0, 0.1) is 6.57 Å². The third kappa shape index (κ3) is 3.95. The lowest BCUT2D eigenvalue weighted by atomic mass is 10.0. The molecule has 0 aliphatic carbocycles. The van der Waals surface area contributed by atoms with Gasteiger partial charge in [0.1, 0.15) is 6.04 Å². The topological polar surface area (TPSA) is 138 Å². The van der Waals surface area contributed by atoms with Gasteiger partial charge >= 0.3 is 16.4 Å². The molecule has 2 bridgehead atoms. The highest BCUT2D eigenvalue weighted by Gasteiger charge is 2.49. The normalized spacial score (nSPS) is 23.6. The quantitative estimate of drug-likeness (QED) is 0.445. The first-order chi connectivity index (χ1) is 10.7. The van der Waals surface area contributed by atoms with E-state index in [9.17, 15) is 22.8 Å². The van der Waals surface area contributed by atoms with Crippen molar-refractivity contribution in [2.45, 2.75) is 24.9 Å². The van der Waals surface area contributed by atoms with Crippen LogP contribution in [0.25, 0.3) is 4.85 Å². The van der Waals surface area contributed by atoms with E-state index in [4.69, 9.17) is 11.1 Å². The van der Waals surface area contributed by atoms with E-state index in [1.54, 1.807) is 0 Å². The minimum Gasteiger partial charge on any atom is -0.347 e. The van der Waals surface area contributed by atoms with E-state index in [1.165, 1.54) is 0 Å². The van der Waals surface area contributed by atoms with Crippen molar-refractivity contribution >= 4 is 28.1 Å². The summed E-state index contributed by atoms with van der Waals surface area (Å²) in [5.41, 5.74) is 0. The Hall–Kier alpha value is -2.23. The molecule has 2 heterocycles. The Morgan fingerprint density at radius 3 is 2.74 bits per heavy atom. The molecule has 2 aliphatic heterocycles. The summed E-state index contributed by atoms with van der Waals surface area (Å²) in [6, 6.07) is -2.30. The minimum absolute atomic E-state index is 0.0719. The van der Waals surface area contributed by atoms with E-state index in [2.05, 4.69) is 14.4 Å². The van der Waals surface area contributed by atoms with Crippen molar-refractivity contribution in [2.75, 3.05) is 19.6 Å². The SMILES string of the molecule is [C-]#[N+]CC(=O)CNC(=O)[C@@H]1CC[C@@H]2CN1C(=O)N2OS(=O)(=O)O. The lowest BCUT2D eigenvalue weighted by Crippen LogP contribution is -2.50. The molecule has 2 N–H and O–H groups in total. The molecule has 0 saturated carbocycles. The summed E-state index contributed by atoms with van der Waals surface area (Å²) in [5, 5.41) is 2.89. The summed E-state index contributed by atoms with van der Waals surface area (Å²) in [5.74, 6) is -1.02. The Morgan fingerprint density at radius 1 is 1.43 bits per heavy atom. The maximum absolute atomic E-state index is 12.1. The Morgan fingerprint density at radius 2 is 2.13 bits per heavy atom. The molecule has 12 heteroatoms. The van der Waals surface area contributed by atoms with Crippen LogP contribution in [0.5, 0.6) is 0 Å². The molecule has 0 spiro atoms. The van der Waals surface area contributed by atoms with Gasteiger partial charge in [-0.3, -0.25) is 14.1 Å². The number of nitrogens with one attached hydrogen (secondary N) is 1. The fourth-order valence-corrected chi connectivity index (χ4v) is 2.94. The number of hydroxylamine groups is 2.